The third-order valence-electron chi connectivity index (χ3n) is 2.14. The van der Waals surface area contributed by atoms with Gasteiger partial charge in [0.15, 0.2) is 0 Å². The third-order valence-corrected chi connectivity index (χ3v) is 2.14. The fourth-order valence-corrected chi connectivity index (χ4v) is 1.48. The lowest BCUT2D eigenvalue weighted by Crippen LogP contribution is -2.00. The Hall–Kier alpha value is -1.18. The molecular weight excluding hydrogens is 148 g/mol. The molecule has 0 fully saturated rings. The van der Waals surface area contributed by atoms with Crippen LogP contribution in [0.2, 0.25) is 0 Å². The van der Waals surface area contributed by atoms with Crippen molar-refractivity contribution in [2.24, 2.45) is 10.2 Å². The van der Waals surface area contributed by atoms with E-state index in [9.17, 15) is 0 Å². The lowest BCUT2D eigenvalue weighted by molar-refractivity contribution is 0.530. The summed E-state index contributed by atoms with van der Waals surface area (Å²) < 4.78 is 0. The van der Waals surface area contributed by atoms with Crippen molar-refractivity contribution in [1.29, 1.82) is 0 Å². The maximum Gasteiger partial charge on any atom is 0.0958 e. The van der Waals surface area contributed by atoms with Gasteiger partial charge in [-0.3, -0.25) is 0 Å². The van der Waals surface area contributed by atoms with Crippen molar-refractivity contribution in [3.8, 4) is 0 Å². The van der Waals surface area contributed by atoms with Crippen LogP contribution in [-0.2, 0) is 0 Å². The molecule has 1 atom stereocenters. The number of hydrogen-bond acceptors (Lipinski definition) is 2. The molecule has 0 amide bonds. The van der Waals surface area contributed by atoms with Gasteiger partial charge in [0.2, 0.25) is 0 Å². The zero-order valence-electron chi connectivity index (χ0n) is 6.98. The normalized spacial score (nSPS) is 22.5. The lowest BCUT2D eigenvalue weighted by atomic mass is 10.0. The first-order valence-corrected chi connectivity index (χ1v) is 4.38. The molecule has 62 valence electrons. The van der Waals surface area contributed by atoms with Crippen LogP contribution in [0.15, 0.2) is 40.6 Å². The first kappa shape index (κ1) is 7.47. The van der Waals surface area contributed by atoms with E-state index in [1.807, 2.05) is 6.07 Å². The topological polar surface area (TPSA) is 24.7 Å². The maximum atomic E-state index is 4.22. The van der Waals surface area contributed by atoms with Crippen LogP contribution >= 0.6 is 0 Å². The largest absolute Gasteiger partial charge is 0.194 e. The first-order chi connectivity index (χ1) is 5.97. The van der Waals surface area contributed by atoms with Gasteiger partial charge in [0.25, 0.3) is 0 Å². The van der Waals surface area contributed by atoms with E-state index in [-0.39, 0.29) is 0 Å². The van der Waals surface area contributed by atoms with E-state index < -0.39 is 0 Å². The number of benzene rings is 1. The van der Waals surface area contributed by atoms with Gasteiger partial charge in [0.1, 0.15) is 0 Å². The minimum absolute atomic E-state index is 0.319. The zero-order chi connectivity index (χ0) is 8.23. The van der Waals surface area contributed by atoms with Gasteiger partial charge in [-0.15, -0.1) is 0 Å². The van der Waals surface area contributed by atoms with Gasteiger partial charge >= 0.3 is 0 Å². The number of nitrogens with zero attached hydrogens (tertiary/aromatic N) is 2. The van der Waals surface area contributed by atoms with Gasteiger partial charge < -0.3 is 0 Å². The predicted octanol–water partition coefficient (Wildman–Crippen LogP) is 2.97. The van der Waals surface area contributed by atoms with Gasteiger partial charge in [0, 0.05) is 0 Å². The summed E-state index contributed by atoms with van der Waals surface area (Å²) in [5.41, 5.74) is 1.29. The molecule has 1 aromatic carbocycles. The molecule has 1 unspecified atom stereocenters. The molecule has 1 aromatic rings. The first-order valence-electron chi connectivity index (χ1n) is 4.38. The second-order valence-electron chi connectivity index (χ2n) is 3.05. The molecule has 1 aliphatic rings. The quantitative estimate of drug-likeness (QED) is 0.603. The molecule has 0 aromatic heterocycles. The zero-order valence-corrected chi connectivity index (χ0v) is 6.98. The van der Waals surface area contributed by atoms with Crippen molar-refractivity contribution in [2.75, 3.05) is 6.54 Å². The highest BCUT2D eigenvalue weighted by Gasteiger charge is 2.11. The molecule has 0 radical (unpaired) electrons. The molecule has 0 N–H and O–H groups in total. The fraction of sp³-hybridized carbons (Fsp3) is 0.400. The number of azo groups is 1. The molecule has 2 heteroatoms. The summed E-state index contributed by atoms with van der Waals surface area (Å²) in [7, 11) is 0. The highest BCUT2D eigenvalue weighted by Crippen LogP contribution is 2.25. The van der Waals surface area contributed by atoms with Gasteiger partial charge in [0.05, 0.1) is 12.6 Å². The summed E-state index contributed by atoms with van der Waals surface area (Å²) in [6.45, 7) is 0.906. The molecule has 0 saturated carbocycles. The summed E-state index contributed by atoms with van der Waals surface area (Å²) in [5.74, 6) is 0. The van der Waals surface area contributed by atoms with Crippen molar-refractivity contribution in [3.63, 3.8) is 0 Å². The van der Waals surface area contributed by atoms with Crippen LogP contribution in [0.4, 0.5) is 0 Å². The SMILES string of the molecule is c1ccc(C2CCCN=N2)cc1. The molecule has 1 heterocycles. The van der Waals surface area contributed by atoms with Crippen LogP contribution in [0, 0.1) is 0 Å². The average molecular weight is 160 g/mol. The van der Waals surface area contributed by atoms with Crippen LogP contribution in [0.1, 0.15) is 24.4 Å². The Morgan fingerprint density at radius 1 is 1.17 bits per heavy atom. The van der Waals surface area contributed by atoms with Crippen molar-refractivity contribution in [3.05, 3.63) is 35.9 Å². The van der Waals surface area contributed by atoms with Crippen molar-refractivity contribution in [2.45, 2.75) is 18.9 Å². The van der Waals surface area contributed by atoms with Gasteiger partial charge in [-0.05, 0) is 18.4 Å². The summed E-state index contributed by atoms with van der Waals surface area (Å²) in [6.07, 6.45) is 2.32. The highest BCUT2D eigenvalue weighted by atomic mass is 15.1. The molecule has 2 nitrogen and oxygen atoms in total. The Labute approximate surface area is 72.3 Å². The summed E-state index contributed by atoms with van der Waals surface area (Å²) in [4.78, 5) is 0. The van der Waals surface area contributed by atoms with E-state index in [2.05, 4.69) is 34.5 Å². The Balaban J connectivity index is 2.19. The Morgan fingerprint density at radius 2 is 2.00 bits per heavy atom. The van der Waals surface area contributed by atoms with E-state index in [4.69, 9.17) is 0 Å². The standard InChI is InChI=1S/C10H12N2/c1-2-5-9(6-3-1)10-7-4-8-11-12-10/h1-3,5-6,10H,4,7-8H2. The molecule has 2 rings (SSSR count). The summed E-state index contributed by atoms with van der Waals surface area (Å²) >= 11 is 0. The highest BCUT2D eigenvalue weighted by molar-refractivity contribution is 5.18. The van der Waals surface area contributed by atoms with Gasteiger partial charge in [-0.25, -0.2) is 0 Å². The minimum Gasteiger partial charge on any atom is -0.194 e. The summed E-state index contributed by atoms with van der Waals surface area (Å²) in [6, 6.07) is 10.7. The second-order valence-corrected chi connectivity index (χ2v) is 3.05. The minimum atomic E-state index is 0.319. The molecule has 0 bridgehead atoms. The van der Waals surface area contributed by atoms with Crippen LogP contribution in [0.25, 0.3) is 0 Å². The van der Waals surface area contributed by atoms with Crippen molar-refractivity contribution < 1.29 is 0 Å². The summed E-state index contributed by atoms with van der Waals surface area (Å²) in [5, 5.41) is 8.28. The van der Waals surface area contributed by atoms with Crippen LogP contribution in [0.5, 0.6) is 0 Å². The molecular formula is C10H12N2. The molecule has 1 aliphatic heterocycles. The van der Waals surface area contributed by atoms with Gasteiger partial charge in [-0.2, -0.15) is 10.2 Å². The second kappa shape index (κ2) is 3.48. The maximum absolute atomic E-state index is 4.22. The number of rotatable bonds is 1. The Kier molecular flexibility index (Phi) is 2.16. The van der Waals surface area contributed by atoms with E-state index in [1.54, 1.807) is 0 Å². The molecule has 12 heavy (non-hydrogen) atoms. The predicted molar refractivity (Wildman–Crippen MR) is 48.1 cm³/mol. The van der Waals surface area contributed by atoms with Crippen LogP contribution in [-0.4, -0.2) is 6.54 Å². The van der Waals surface area contributed by atoms with Gasteiger partial charge in [-0.1, -0.05) is 30.3 Å². The number of hydrogen-bond donors (Lipinski definition) is 0. The van der Waals surface area contributed by atoms with Crippen LogP contribution < -0.4 is 0 Å². The Morgan fingerprint density at radius 3 is 2.67 bits per heavy atom. The Bertz CT molecular complexity index is 266. The molecule has 0 aliphatic carbocycles. The van der Waals surface area contributed by atoms with Crippen LogP contribution in [0.3, 0.4) is 0 Å². The fourth-order valence-electron chi connectivity index (χ4n) is 1.48. The van der Waals surface area contributed by atoms with Crippen molar-refractivity contribution in [1.82, 2.24) is 0 Å². The van der Waals surface area contributed by atoms with E-state index in [1.165, 1.54) is 12.0 Å². The monoisotopic (exact) mass is 160 g/mol. The average Bonchev–Trinajstić information content (AvgIpc) is 2.21. The molecule has 0 saturated heterocycles. The molecule has 0 spiro atoms. The third kappa shape index (κ3) is 1.52. The van der Waals surface area contributed by atoms with E-state index in [0.29, 0.717) is 6.04 Å². The van der Waals surface area contributed by atoms with E-state index in [0.717, 1.165) is 13.0 Å². The van der Waals surface area contributed by atoms with Crippen molar-refractivity contribution >= 4 is 0 Å². The van der Waals surface area contributed by atoms with E-state index >= 15 is 0 Å². The smallest absolute Gasteiger partial charge is 0.0958 e. The lowest BCUT2D eigenvalue weighted by Gasteiger charge is -2.14.